The van der Waals surface area contributed by atoms with Crippen molar-refractivity contribution >= 4 is 29.6 Å². The van der Waals surface area contributed by atoms with Crippen LogP contribution in [0.25, 0.3) is 0 Å². The predicted molar refractivity (Wildman–Crippen MR) is 109 cm³/mol. The van der Waals surface area contributed by atoms with Crippen LogP contribution in [0.4, 0.5) is 5.69 Å². The standard InChI is InChI=1S/C21H22N4O3/c1-14(2)19(24-20(27)17-7-5-4-6-8-17)21(28)25-22-13-16-9-11-18(12-10-16)23-15(3)26/h4-13H,1-3H3,(H,23,26)(H,24,27)(H,25,28). The van der Waals surface area contributed by atoms with Gasteiger partial charge in [0.05, 0.1) is 6.21 Å². The van der Waals surface area contributed by atoms with Gasteiger partial charge in [-0.25, -0.2) is 5.43 Å². The van der Waals surface area contributed by atoms with Gasteiger partial charge in [0.25, 0.3) is 11.8 Å². The van der Waals surface area contributed by atoms with Crippen LogP contribution < -0.4 is 16.1 Å². The number of hydrogen-bond acceptors (Lipinski definition) is 4. The third-order valence-corrected chi connectivity index (χ3v) is 3.61. The van der Waals surface area contributed by atoms with Crippen LogP contribution in [0.3, 0.4) is 0 Å². The number of benzene rings is 2. The van der Waals surface area contributed by atoms with E-state index in [0.717, 1.165) is 5.56 Å². The molecule has 0 bridgehead atoms. The molecule has 0 aromatic heterocycles. The van der Waals surface area contributed by atoms with Crippen LogP contribution in [0.1, 0.15) is 36.7 Å². The van der Waals surface area contributed by atoms with Crippen LogP contribution in [-0.2, 0) is 9.59 Å². The van der Waals surface area contributed by atoms with Crippen molar-refractivity contribution in [3.63, 3.8) is 0 Å². The fourth-order valence-corrected chi connectivity index (χ4v) is 2.26. The highest BCUT2D eigenvalue weighted by atomic mass is 16.2. The molecule has 0 heterocycles. The van der Waals surface area contributed by atoms with Gasteiger partial charge in [-0.3, -0.25) is 14.4 Å². The lowest BCUT2D eigenvalue weighted by atomic mass is 10.2. The van der Waals surface area contributed by atoms with Gasteiger partial charge in [-0.2, -0.15) is 5.10 Å². The number of carbonyl (C=O) groups excluding carboxylic acids is 3. The fraction of sp³-hybridized carbons (Fsp3) is 0.143. The van der Waals surface area contributed by atoms with Crippen LogP contribution in [0.2, 0.25) is 0 Å². The molecule has 0 atom stereocenters. The van der Waals surface area contributed by atoms with E-state index < -0.39 is 5.91 Å². The first-order valence-electron chi connectivity index (χ1n) is 8.61. The van der Waals surface area contributed by atoms with E-state index in [1.165, 1.54) is 13.1 Å². The second-order valence-electron chi connectivity index (χ2n) is 6.20. The van der Waals surface area contributed by atoms with Gasteiger partial charge < -0.3 is 10.6 Å². The van der Waals surface area contributed by atoms with Gasteiger partial charge in [-0.1, -0.05) is 30.3 Å². The quantitative estimate of drug-likeness (QED) is 0.409. The zero-order valence-corrected chi connectivity index (χ0v) is 15.9. The van der Waals surface area contributed by atoms with E-state index >= 15 is 0 Å². The van der Waals surface area contributed by atoms with Gasteiger partial charge in [0.15, 0.2) is 0 Å². The molecular formula is C21H22N4O3. The molecule has 7 nitrogen and oxygen atoms in total. The Morgan fingerprint density at radius 1 is 0.893 bits per heavy atom. The van der Waals surface area contributed by atoms with Crippen molar-refractivity contribution in [2.45, 2.75) is 20.8 Å². The van der Waals surface area contributed by atoms with Crippen molar-refractivity contribution in [3.05, 3.63) is 77.0 Å². The molecule has 3 amide bonds. The number of nitrogens with zero attached hydrogens (tertiary/aromatic N) is 1. The molecule has 0 saturated carbocycles. The Morgan fingerprint density at radius 2 is 1.54 bits per heavy atom. The minimum Gasteiger partial charge on any atom is -0.326 e. The number of nitrogens with one attached hydrogen (secondary N) is 3. The van der Waals surface area contributed by atoms with Crippen molar-refractivity contribution in [2.24, 2.45) is 5.10 Å². The van der Waals surface area contributed by atoms with Gasteiger partial charge in [-0.15, -0.1) is 0 Å². The van der Waals surface area contributed by atoms with E-state index in [0.29, 0.717) is 16.8 Å². The number of carbonyl (C=O) groups is 3. The fourth-order valence-electron chi connectivity index (χ4n) is 2.26. The third kappa shape index (κ3) is 6.21. The van der Waals surface area contributed by atoms with Gasteiger partial charge in [-0.05, 0) is 49.2 Å². The van der Waals surface area contributed by atoms with Gasteiger partial charge >= 0.3 is 0 Å². The summed E-state index contributed by atoms with van der Waals surface area (Å²) < 4.78 is 0. The lowest BCUT2D eigenvalue weighted by Gasteiger charge is -2.10. The first-order chi connectivity index (χ1) is 13.4. The lowest BCUT2D eigenvalue weighted by Crippen LogP contribution is -2.33. The van der Waals surface area contributed by atoms with E-state index in [1.54, 1.807) is 62.4 Å². The molecule has 0 unspecified atom stereocenters. The van der Waals surface area contributed by atoms with E-state index in [9.17, 15) is 14.4 Å². The Kier molecular flexibility index (Phi) is 7.21. The molecule has 0 saturated heterocycles. The second kappa shape index (κ2) is 9.82. The Morgan fingerprint density at radius 3 is 2.11 bits per heavy atom. The average molecular weight is 378 g/mol. The van der Waals surface area contributed by atoms with Gasteiger partial charge in [0.2, 0.25) is 5.91 Å². The van der Waals surface area contributed by atoms with E-state index in [2.05, 4.69) is 21.2 Å². The van der Waals surface area contributed by atoms with Crippen LogP contribution in [-0.4, -0.2) is 23.9 Å². The summed E-state index contributed by atoms with van der Waals surface area (Å²) >= 11 is 0. The minimum atomic E-state index is -0.518. The zero-order valence-electron chi connectivity index (χ0n) is 15.9. The molecule has 144 valence electrons. The van der Waals surface area contributed by atoms with Crippen LogP contribution in [0, 0.1) is 0 Å². The number of rotatable bonds is 6. The Balaban J connectivity index is 1.99. The second-order valence-corrected chi connectivity index (χ2v) is 6.20. The molecule has 28 heavy (non-hydrogen) atoms. The number of allylic oxidation sites excluding steroid dienone is 1. The maximum Gasteiger partial charge on any atom is 0.287 e. The summed E-state index contributed by atoms with van der Waals surface area (Å²) in [6, 6.07) is 15.6. The number of anilines is 1. The van der Waals surface area contributed by atoms with E-state index in [4.69, 9.17) is 0 Å². The molecule has 3 N–H and O–H groups in total. The van der Waals surface area contributed by atoms with E-state index in [-0.39, 0.29) is 17.5 Å². The first-order valence-corrected chi connectivity index (χ1v) is 8.61. The smallest absolute Gasteiger partial charge is 0.287 e. The lowest BCUT2D eigenvalue weighted by molar-refractivity contribution is -0.118. The topological polar surface area (TPSA) is 99.7 Å². The van der Waals surface area contributed by atoms with Crippen molar-refractivity contribution < 1.29 is 14.4 Å². The molecule has 0 aliphatic rings. The van der Waals surface area contributed by atoms with Crippen LogP contribution in [0.5, 0.6) is 0 Å². The summed E-state index contributed by atoms with van der Waals surface area (Å²) in [7, 11) is 0. The first kappa shape index (κ1) is 20.6. The Bertz CT molecular complexity index is 912. The third-order valence-electron chi connectivity index (χ3n) is 3.61. The Labute approximate surface area is 163 Å². The molecule has 2 aromatic carbocycles. The summed E-state index contributed by atoms with van der Waals surface area (Å²) in [4.78, 5) is 35.7. The van der Waals surface area contributed by atoms with Crippen LogP contribution >= 0.6 is 0 Å². The summed E-state index contributed by atoms with van der Waals surface area (Å²) in [5.74, 6) is -1.04. The molecule has 0 aliphatic carbocycles. The monoisotopic (exact) mass is 378 g/mol. The summed E-state index contributed by atoms with van der Waals surface area (Å²) in [5, 5.41) is 9.21. The summed E-state index contributed by atoms with van der Waals surface area (Å²) in [5.41, 5.74) is 5.06. The van der Waals surface area contributed by atoms with Crippen molar-refractivity contribution in [3.8, 4) is 0 Å². The van der Waals surface area contributed by atoms with Crippen molar-refractivity contribution in [2.75, 3.05) is 5.32 Å². The van der Waals surface area contributed by atoms with E-state index in [1.807, 2.05) is 6.07 Å². The molecular weight excluding hydrogens is 356 g/mol. The van der Waals surface area contributed by atoms with Crippen molar-refractivity contribution in [1.29, 1.82) is 0 Å². The molecule has 7 heteroatoms. The molecule has 0 spiro atoms. The molecule has 0 radical (unpaired) electrons. The molecule has 0 aliphatic heterocycles. The molecule has 0 fully saturated rings. The largest absolute Gasteiger partial charge is 0.326 e. The molecule has 2 rings (SSSR count). The highest BCUT2D eigenvalue weighted by molar-refractivity contribution is 6.03. The predicted octanol–water partition coefficient (Wildman–Crippen LogP) is 2.82. The summed E-state index contributed by atoms with van der Waals surface area (Å²) in [6.07, 6.45) is 1.47. The minimum absolute atomic E-state index is 0.145. The van der Waals surface area contributed by atoms with Gasteiger partial charge in [0.1, 0.15) is 5.70 Å². The number of amides is 3. The normalized spacial score (nSPS) is 10.2. The average Bonchev–Trinajstić information content (AvgIpc) is 2.67. The van der Waals surface area contributed by atoms with Crippen LogP contribution in [0.15, 0.2) is 71.0 Å². The Hall–Kier alpha value is -3.74. The maximum atomic E-state index is 12.4. The SMILES string of the molecule is CC(=O)Nc1ccc(C=NNC(=O)C(NC(=O)c2ccccc2)=C(C)C)cc1. The van der Waals surface area contributed by atoms with Gasteiger partial charge in [0, 0.05) is 18.2 Å². The number of hydrogen-bond donors (Lipinski definition) is 3. The molecule has 2 aromatic rings. The highest BCUT2D eigenvalue weighted by Gasteiger charge is 2.15. The van der Waals surface area contributed by atoms with Crippen molar-refractivity contribution in [1.82, 2.24) is 10.7 Å². The number of hydrazone groups is 1. The highest BCUT2D eigenvalue weighted by Crippen LogP contribution is 2.08. The zero-order chi connectivity index (χ0) is 20.5. The maximum absolute atomic E-state index is 12.4. The summed E-state index contributed by atoms with van der Waals surface area (Å²) in [6.45, 7) is 4.89.